The summed E-state index contributed by atoms with van der Waals surface area (Å²) in [5, 5.41) is 1.06. The molecule has 1 amide bonds. The van der Waals surface area contributed by atoms with Crippen LogP contribution in [0.25, 0.3) is 0 Å². The first-order valence-corrected chi connectivity index (χ1v) is 6.30. The third-order valence-corrected chi connectivity index (χ3v) is 4.17. The average molecular weight is 246 g/mol. The molecule has 0 aromatic carbocycles. The second-order valence-electron chi connectivity index (χ2n) is 4.10. The topological polar surface area (TPSA) is 20.3 Å². The predicted molar refractivity (Wildman–Crippen MR) is 55.9 cm³/mol. The molecular weight excluding hydrogens is 230 g/mol. The van der Waals surface area contributed by atoms with Crippen molar-refractivity contribution in [2.45, 2.75) is 38.1 Å². The van der Waals surface area contributed by atoms with Gasteiger partial charge < -0.3 is 4.90 Å². The third-order valence-electron chi connectivity index (χ3n) is 3.34. The summed E-state index contributed by atoms with van der Waals surface area (Å²) in [5.74, 6) is 1.10. The van der Waals surface area contributed by atoms with Crippen LogP contribution in [0, 0.1) is 5.92 Å². The molecule has 13 heavy (non-hydrogen) atoms. The van der Waals surface area contributed by atoms with E-state index in [-0.39, 0.29) is 0 Å². The number of hydrogen-bond acceptors (Lipinski definition) is 1. The van der Waals surface area contributed by atoms with Crippen molar-refractivity contribution >= 4 is 21.8 Å². The van der Waals surface area contributed by atoms with Gasteiger partial charge in [-0.1, -0.05) is 15.9 Å². The molecule has 0 radical (unpaired) electrons. The van der Waals surface area contributed by atoms with E-state index in [0.29, 0.717) is 17.9 Å². The second kappa shape index (κ2) is 3.99. The predicted octanol–water partition coefficient (Wildman–Crippen LogP) is 2.17. The van der Waals surface area contributed by atoms with Crippen LogP contribution in [-0.2, 0) is 4.79 Å². The van der Waals surface area contributed by atoms with E-state index in [1.807, 2.05) is 0 Å². The van der Waals surface area contributed by atoms with Crippen LogP contribution in [0.2, 0.25) is 0 Å². The maximum Gasteiger partial charge on any atom is 0.222 e. The van der Waals surface area contributed by atoms with Crippen molar-refractivity contribution in [2.75, 3.05) is 11.9 Å². The second-order valence-corrected chi connectivity index (χ2v) is 4.75. The number of carbonyl (C=O) groups excluding carboxylic acids is 1. The van der Waals surface area contributed by atoms with Gasteiger partial charge in [-0.3, -0.25) is 4.79 Å². The number of carbonyl (C=O) groups is 1. The molecule has 2 aliphatic heterocycles. The van der Waals surface area contributed by atoms with Gasteiger partial charge in [0, 0.05) is 24.3 Å². The zero-order chi connectivity index (χ0) is 9.26. The summed E-state index contributed by atoms with van der Waals surface area (Å²) in [6.45, 7) is 1.01. The van der Waals surface area contributed by atoms with Gasteiger partial charge in [-0.25, -0.2) is 0 Å². The molecule has 0 aliphatic carbocycles. The molecule has 3 heteroatoms. The Balaban J connectivity index is 2.09. The summed E-state index contributed by atoms with van der Waals surface area (Å²) in [5.41, 5.74) is 0. The lowest BCUT2D eigenvalue weighted by molar-refractivity contribution is -0.140. The Morgan fingerprint density at radius 2 is 2.23 bits per heavy atom. The fraction of sp³-hybridized carbons (Fsp3) is 0.900. The minimum Gasteiger partial charge on any atom is -0.339 e. The lowest BCUT2D eigenvalue weighted by Gasteiger charge is -2.43. The number of fused-ring (bicyclic) bond motifs is 1. The summed E-state index contributed by atoms with van der Waals surface area (Å²) in [6.07, 6.45) is 5.59. The molecule has 2 saturated heterocycles. The van der Waals surface area contributed by atoms with Crippen LogP contribution in [0.5, 0.6) is 0 Å². The number of hydrogen-bond donors (Lipinski definition) is 0. The van der Waals surface area contributed by atoms with Gasteiger partial charge >= 0.3 is 0 Å². The van der Waals surface area contributed by atoms with Crippen molar-refractivity contribution in [1.82, 2.24) is 4.90 Å². The first kappa shape index (κ1) is 9.50. The highest BCUT2D eigenvalue weighted by atomic mass is 79.9. The number of amides is 1. The van der Waals surface area contributed by atoms with Crippen LogP contribution in [0.3, 0.4) is 0 Å². The fourth-order valence-electron chi connectivity index (χ4n) is 2.58. The van der Waals surface area contributed by atoms with E-state index in [1.54, 1.807) is 0 Å². The van der Waals surface area contributed by atoms with Crippen molar-refractivity contribution in [3.05, 3.63) is 0 Å². The van der Waals surface area contributed by atoms with Crippen molar-refractivity contribution in [3.8, 4) is 0 Å². The van der Waals surface area contributed by atoms with Crippen LogP contribution in [0.1, 0.15) is 32.1 Å². The number of rotatable bonds is 1. The van der Waals surface area contributed by atoms with Crippen LogP contribution in [-0.4, -0.2) is 28.7 Å². The van der Waals surface area contributed by atoms with Crippen molar-refractivity contribution in [3.63, 3.8) is 0 Å². The van der Waals surface area contributed by atoms with Gasteiger partial charge in [-0.15, -0.1) is 0 Å². The van der Waals surface area contributed by atoms with Crippen LogP contribution in [0.4, 0.5) is 0 Å². The average Bonchev–Trinajstić information content (AvgIpc) is 2.19. The Morgan fingerprint density at radius 1 is 1.38 bits per heavy atom. The monoisotopic (exact) mass is 245 g/mol. The maximum absolute atomic E-state index is 11.6. The number of piperidine rings is 2. The van der Waals surface area contributed by atoms with Crippen LogP contribution >= 0.6 is 15.9 Å². The number of halogens is 1. The SMILES string of the molecule is O=C1CC[C@@H](CBr)[C@H]2CCCCN12. The molecule has 0 saturated carbocycles. The molecule has 2 aliphatic rings. The smallest absolute Gasteiger partial charge is 0.222 e. The van der Waals surface area contributed by atoms with Gasteiger partial charge in [-0.2, -0.15) is 0 Å². The molecule has 0 spiro atoms. The van der Waals surface area contributed by atoms with Crippen LogP contribution < -0.4 is 0 Å². The Kier molecular flexibility index (Phi) is 2.92. The fourth-order valence-corrected chi connectivity index (χ4v) is 3.34. The molecule has 0 N–H and O–H groups in total. The molecule has 2 atom stereocenters. The van der Waals surface area contributed by atoms with Crippen LogP contribution in [0.15, 0.2) is 0 Å². The van der Waals surface area contributed by atoms with Gasteiger partial charge in [0.1, 0.15) is 0 Å². The molecule has 0 aromatic rings. The minimum absolute atomic E-state index is 0.391. The molecule has 2 fully saturated rings. The Labute approximate surface area is 87.8 Å². The van der Waals surface area contributed by atoms with E-state index in [2.05, 4.69) is 20.8 Å². The van der Waals surface area contributed by atoms with Gasteiger partial charge in [0.05, 0.1) is 0 Å². The van der Waals surface area contributed by atoms with Crippen molar-refractivity contribution in [1.29, 1.82) is 0 Å². The molecule has 2 heterocycles. The lowest BCUT2D eigenvalue weighted by Crippen LogP contribution is -2.51. The van der Waals surface area contributed by atoms with E-state index in [1.165, 1.54) is 19.3 Å². The summed E-state index contributed by atoms with van der Waals surface area (Å²) < 4.78 is 0. The Hall–Kier alpha value is -0.0500. The van der Waals surface area contributed by atoms with Crippen molar-refractivity contribution < 1.29 is 4.79 Å². The Morgan fingerprint density at radius 3 is 3.00 bits per heavy atom. The van der Waals surface area contributed by atoms with Gasteiger partial charge in [0.2, 0.25) is 5.91 Å². The summed E-state index contributed by atoms with van der Waals surface area (Å²) in [4.78, 5) is 13.7. The molecule has 0 unspecified atom stereocenters. The van der Waals surface area contributed by atoms with Gasteiger partial charge in [0.15, 0.2) is 0 Å². The molecular formula is C10H16BrNO. The molecule has 2 nitrogen and oxygen atoms in total. The van der Waals surface area contributed by atoms with E-state index in [0.717, 1.165) is 24.7 Å². The summed E-state index contributed by atoms with van der Waals surface area (Å²) in [7, 11) is 0. The van der Waals surface area contributed by atoms with E-state index >= 15 is 0 Å². The largest absolute Gasteiger partial charge is 0.339 e. The third kappa shape index (κ3) is 1.76. The first-order chi connectivity index (χ1) is 6.33. The van der Waals surface area contributed by atoms with Gasteiger partial charge in [0.25, 0.3) is 0 Å². The summed E-state index contributed by atoms with van der Waals surface area (Å²) in [6, 6.07) is 0.550. The molecule has 0 aromatic heterocycles. The maximum atomic E-state index is 11.6. The number of nitrogens with zero attached hydrogens (tertiary/aromatic N) is 1. The molecule has 2 rings (SSSR count). The van der Waals surface area contributed by atoms with Gasteiger partial charge in [-0.05, 0) is 31.6 Å². The highest BCUT2D eigenvalue weighted by molar-refractivity contribution is 9.09. The standard InChI is InChI=1S/C10H16BrNO/c11-7-8-4-5-10(13)12-6-2-1-3-9(8)12/h8-9H,1-7H2/t8-,9+/m0/s1. The first-order valence-electron chi connectivity index (χ1n) is 5.18. The zero-order valence-electron chi connectivity index (χ0n) is 7.84. The molecule has 74 valence electrons. The van der Waals surface area contributed by atoms with E-state index < -0.39 is 0 Å². The highest BCUT2D eigenvalue weighted by Crippen LogP contribution is 2.32. The number of alkyl halides is 1. The zero-order valence-corrected chi connectivity index (χ0v) is 9.42. The lowest BCUT2D eigenvalue weighted by atomic mass is 9.84. The highest BCUT2D eigenvalue weighted by Gasteiger charge is 2.36. The Bertz CT molecular complexity index is 207. The molecule has 0 bridgehead atoms. The normalized spacial score (nSPS) is 34.5. The van der Waals surface area contributed by atoms with E-state index in [4.69, 9.17) is 0 Å². The summed E-state index contributed by atoms with van der Waals surface area (Å²) >= 11 is 3.55. The van der Waals surface area contributed by atoms with E-state index in [9.17, 15) is 4.79 Å². The quantitative estimate of drug-likeness (QED) is 0.649. The minimum atomic E-state index is 0.391. The van der Waals surface area contributed by atoms with Crippen molar-refractivity contribution in [2.24, 2.45) is 5.92 Å².